The molecule has 0 heterocycles. The zero-order valence-electron chi connectivity index (χ0n) is 9.21. The van der Waals surface area contributed by atoms with Gasteiger partial charge in [-0.2, -0.15) is 0 Å². The number of nitro benzene ring substituents is 1. The molecule has 0 fully saturated rings. The fourth-order valence-electron chi connectivity index (χ4n) is 1.17. The van der Waals surface area contributed by atoms with Crippen molar-refractivity contribution in [3.8, 4) is 18.1 Å². The molecular weight excluding hydrogens is 245 g/mol. The van der Waals surface area contributed by atoms with E-state index in [2.05, 4.69) is 5.92 Å². The zero-order valence-corrected chi connectivity index (χ0v) is 9.21. The summed E-state index contributed by atoms with van der Waals surface area (Å²) in [6.07, 6.45) is 4.23. The number of carbonyl (C=O) groups is 1. The Morgan fingerprint density at radius 2 is 2.28 bits per heavy atom. The third kappa shape index (κ3) is 2.74. The molecule has 0 aliphatic carbocycles. The standard InChI is InChI=1S/C11H8FNO5/c1-3-6(2)18-10-4-7(11(14)15)8(12)5-9(10)13(16)17/h1,4-6H,2H3,(H,14,15). The summed E-state index contributed by atoms with van der Waals surface area (Å²) in [6, 6.07) is 1.23. The molecule has 0 spiro atoms. The van der Waals surface area contributed by atoms with Crippen LogP contribution in [-0.4, -0.2) is 22.1 Å². The molecule has 0 radical (unpaired) electrons. The number of ether oxygens (including phenoxy) is 1. The van der Waals surface area contributed by atoms with E-state index in [1.807, 2.05) is 0 Å². The highest BCUT2D eigenvalue weighted by molar-refractivity contribution is 5.89. The summed E-state index contributed by atoms with van der Waals surface area (Å²) in [6.45, 7) is 1.44. The van der Waals surface area contributed by atoms with Crippen molar-refractivity contribution in [2.75, 3.05) is 0 Å². The van der Waals surface area contributed by atoms with Gasteiger partial charge in [0.25, 0.3) is 0 Å². The summed E-state index contributed by atoms with van der Waals surface area (Å²) in [4.78, 5) is 20.5. The van der Waals surface area contributed by atoms with Gasteiger partial charge in [-0.3, -0.25) is 10.1 Å². The Kier molecular flexibility index (Phi) is 3.84. The quantitative estimate of drug-likeness (QED) is 0.502. The molecule has 0 bridgehead atoms. The Hall–Kier alpha value is -2.62. The number of nitrogens with zero attached hydrogens (tertiary/aromatic N) is 1. The third-order valence-electron chi connectivity index (χ3n) is 2.01. The van der Waals surface area contributed by atoms with Gasteiger partial charge in [-0.05, 0) is 6.92 Å². The van der Waals surface area contributed by atoms with E-state index in [0.717, 1.165) is 6.07 Å². The van der Waals surface area contributed by atoms with E-state index < -0.39 is 34.1 Å². The summed E-state index contributed by atoms with van der Waals surface area (Å²) in [5, 5.41) is 19.4. The highest BCUT2D eigenvalue weighted by Crippen LogP contribution is 2.30. The number of halogens is 1. The predicted molar refractivity (Wildman–Crippen MR) is 58.9 cm³/mol. The lowest BCUT2D eigenvalue weighted by molar-refractivity contribution is -0.386. The summed E-state index contributed by atoms with van der Waals surface area (Å²) < 4.78 is 18.3. The first-order chi connectivity index (χ1) is 8.36. The van der Waals surface area contributed by atoms with Crippen molar-refractivity contribution in [1.29, 1.82) is 0 Å². The van der Waals surface area contributed by atoms with Crippen molar-refractivity contribution in [3.05, 3.63) is 33.6 Å². The van der Waals surface area contributed by atoms with E-state index in [1.165, 1.54) is 6.92 Å². The molecule has 0 aliphatic rings. The molecule has 0 amide bonds. The number of nitro groups is 1. The molecule has 1 unspecified atom stereocenters. The van der Waals surface area contributed by atoms with Gasteiger partial charge in [-0.25, -0.2) is 9.18 Å². The molecule has 1 N–H and O–H groups in total. The lowest BCUT2D eigenvalue weighted by Crippen LogP contribution is -2.11. The van der Waals surface area contributed by atoms with Crippen LogP contribution in [0, 0.1) is 28.3 Å². The number of terminal acetylenes is 1. The van der Waals surface area contributed by atoms with E-state index in [4.69, 9.17) is 16.3 Å². The molecule has 0 aliphatic heterocycles. The molecular formula is C11H8FNO5. The minimum atomic E-state index is -1.55. The molecule has 6 nitrogen and oxygen atoms in total. The van der Waals surface area contributed by atoms with Gasteiger partial charge in [-0.15, -0.1) is 6.42 Å². The van der Waals surface area contributed by atoms with Crippen LogP contribution in [0.3, 0.4) is 0 Å². The van der Waals surface area contributed by atoms with Gasteiger partial charge in [0.1, 0.15) is 5.82 Å². The normalized spacial score (nSPS) is 11.4. The van der Waals surface area contributed by atoms with E-state index in [0.29, 0.717) is 6.07 Å². The molecule has 1 rings (SSSR count). The van der Waals surface area contributed by atoms with Crippen molar-refractivity contribution >= 4 is 11.7 Å². The molecule has 0 aromatic heterocycles. The lowest BCUT2D eigenvalue weighted by atomic mass is 10.1. The minimum absolute atomic E-state index is 0.385. The highest BCUT2D eigenvalue weighted by atomic mass is 19.1. The molecule has 0 saturated carbocycles. The number of rotatable bonds is 4. The van der Waals surface area contributed by atoms with Crippen molar-refractivity contribution in [3.63, 3.8) is 0 Å². The first kappa shape index (κ1) is 13.4. The van der Waals surface area contributed by atoms with Crippen LogP contribution < -0.4 is 4.74 Å². The number of aromatic carboxylic acids is 1. The van der Waals surface area contributed by atoms with Crippen molar-refractivity contribution in [1.82, 2.24) is 0 Å². The van der Waals surface area contributed by atoms with Gasteiger partial charge in [0.2, 0.25) is 0 Å². The first-order valence-electron chi connectivity index (χ1n) is 4.70. The number of carboxylic acid groups (broad SMARTS) is 1. The van der Waals surface area contributed by atoms with E-state index in [9.17, 15) is 19.3 Å². The third-order valence-corrected chi connectivity index (χ3v) is 2.01. The molecule has 18 heavy (non-hydrogen) atoms. The summed E-state index contributed by atoms with van der Waals surface area (Å²) >= 11 is 0. The fourth-order valence-corrected chi connectivity index (χ4v) is 1.17. The van der Waals surface area contributed by atoms with Crippen LogP contribution in [0.15, 0.2) is 12.1 Å². The summed E-state index contributed by atoms with van der Waals surface area (Å²) in [5.41, 5.74) is -1.40. The van der Waals surface area contributed by atoms with Crippen LogP contribution in [0.5, 0.6) is 5.75 Å². The predicted octanol–water partition coefficient (Wildman–Crippen LogP) is 1.83. The maximum Gasteiger partial charge on any atom is 0.338 e. The second kappa shape index (κ2) is 5.14. The molecule has 1 aromatic carbocycles. The van der Waals surface area contributed by atoms with Gasteiger partial charge in [0, 0.05) is 6.07 Å². The van der Waals surface area contributed by atoms with E-state index in [1.54, 1.807) is 0 Å². The van der Waals surface area contributed by atoms with Crippen LogP contribution in [0.4, 0.5) is 10.1 Å². The maximum absolute atomic E-state index is 13.3. The van der Waals surface area contributed by atoms with Crippen molar-refractivity contribution < 1.29 is 24.0 Å². The smallest absolute Gasteiger partial charge is 0.338 e. The average molecular weight is 253 g/mol. The van der Waals surface area contributed by atoms with Crippen LogP contribution in [-0.2, 0) is 0 Å². The molecule has 7 heteroatoms. The van der Waals surface area contributed by atoms with Crippen LogP contribution in [0.2, 0.25) is 0 Å². The molecule has 1 aromatic rings. The van der Waals surface area contributed by atoms with Crippen LogP contribution >= 0.6 is 0 Å². The Balaban J connectivity index is 3.36. The van der Waals surface area contributed by atoms with E-state index in [-0.39, 0.29) is 5.75 Å². The number of hydrogen-bond donors (Lipinski definition) is 1. The van der Waals surface area contributed by atoms with Crippen molar-refractivity contribution in [2.24, 2.45) is 0 Å². The SMILES string of the molecule is C#CC(C)Oc1cc(C(=O)O)c(F)cc1[N+](=O)[O-]. The zero-order chi connectivity index (χ0) is 13.9. The van der Waals surface area contributed by atoms with E-state index >= 15 is 0 Å². The highest BCUT2D eigenvalue weighted by Gasteiger charge is 2.23. The minimum Gasteiger partial charge on any atom is -0.478 e. The summed E-state index contributed by atoms with van der Waals surface area (Å²) in [7, 11) is 0. The lowest BCUT2D eigenvalue weighted by Gasteiger charge is -2.10. The van der Waals surface area contributed by atoms with Gasteiger partial charge in [-0.1, -0.05) is 5.92 Å². The Morgan fingerprint density at radius 3 is 2.72 bits per heavy atom. The van der Waals surface area contributed by atoms with Gasteiger partial charge in [0.05, 0.1) is 16.6 Å². The largest absolute Gasteiger partial charge is 0.478 e. The van der Waals surface area contributed by atoms with Gasteiger partial charge in [0.15, 0.2) is 11.9 Å². The molecule has 0 saturated heterocycles. The molecule has 1 atom stereocenters. The number of benzene rings is 1. The maximum atomic E-state index is 13.3. The topological polar surface area (TPSA) is 89.7 Å². The number of carboxylic acids is 1. The molecule has 94 valence electrons. The average Bonchev–Trinajstić information content (AvgIpc) is 2.29. The second-order valence-electron chi connectivity index (χ2n) is 3.29. The second-order valence-corrected chi connectivity index (χ2v) is 3.29. The van der Waals surface area contributed by atoms with Crippen LogP contribution in [0.25, 0.3) is 0 Å². The Labute approximate surface area is 101 Å². The van der Waals surface area contributed by atoms with Gasteiger partial charge >= 0.3 is 11.7 Å². The Bertz CT molecular complexity index is 549. The summed E-state index contributed by atoms with van der Waals surface area (Å²) in [5.74, 6) is -0.996. The fraction of sp³-hybridized carbons (Fsp3) is 0.182. The Morgan fingerprint density at radius 1 is 1.67 bits per heavy atom. The van der Waals surface area contributed by atoms with Crippen molar-refractivity contribution in [2.45, 2.75) is 13.0 Å². The van der Waals surface area contributed by atoms with Gasteiger partial charge < -0.3 is 9.84 Å². The first-order valence-corrected chi connectivity index (χ1v) is 4.70. The van der Waals surface area contributed by atoms with Crippen LogP contribution in [0.1, 0.15) is 17.3 Å². The number of hydrogen-bond acceptors (Lipinski definition) is 4. The monoisotopic (exact) mass is 253 g/mol.